The Labute approximate surface area is 158 Å². The number of aromatic nitrogens is 2. The van der Waals surface area contributed by atoms with Crippen LogP contribution >= 0.6 is 11.8 Å². The Morgan fingerprint density at radius 1 is 0.923 bits per heavy atom. The van der Waals surface area contributed by atoms with Crippen molar-refractivity contribution in [3.8, 4) is 0 Å². The van der Waals surface area contributed by atoms with Crippen molar-refractivity contribution in [1.82, 2.24) is 9.97 Å². The Balaban J connectivity index is 1.58. The molecule has 0 atom stereocenters. The fraction of sp³-hybridized carbons (Fsp3) is 0.190. The maximum atomic E-state index is 12.2. The quantitative estimate of drug-likeness (QED) is 0.520. The molecule has 0 aliphatic carbocycles. The smallest absolute Gasteiger partial charge is 0.234 e. The predicted octanol–water partition coefficient (Wildman–Crippen LogP) is 4.42. The molecule has 1 N–H and O–H groups in total. The molecular formula is C21H21N3OS. The van der Waals surface area contributed by atoms with Gasteiger partial charge in [-0.1, -0.05) is 54.2 Å². The third-order valence-electron chi connectivity index (χ3n) is 3.76. The van der Waals surface area contributed by atoms with Crippen LogP contribution in [0.1, 0.15) is 22.5 Å². The van der Waals surface area contributed by atoms with Crippen LogP contribution in [0.15, 0.2) is 65.8 Å². The minimum atomic E-state index is -0.0605. The molecule has 5 heteroatoms. The van der Waals surface area contributed by atoms with E-state index >= 15 is 0 Å². The molecule has 0 aliphatic rings. The van der Waals surface area contributed by atoms with E-state index in [0.717, 1.165) is 23.5 Å². The summed E-state index contributed by atoms with van der Waals surface area (Å²) < 4.78 is 0. The highest BCUT2D eigenvalue weighted by Crippen LogP contribution is 2.17. The molecule has 1 aromatic heterocycles. The fourth-order valence-electron chi connectivity index (χ4n) is 2.68. The van der Waals surface area contributed by atoms with Gasteiger partial charge < -0.3 is 5.32 Å². The molecule has 3 aromatic rings. The Kier molecular flexibility index (Phi) is 6.02. The van der Waals surface area contributed by atoms with Crippen LogP contribution in [0.4, 0.5) is 5.69 Å². The third kappa shape index (κ3) is 5.43. The number of hydrogen-bond donors (Lipinski definition) is 1. The molecule has 0 spiro atoms. The number of hydrogen-bond acceptors (Lipinski definition) is 4. The summed E-state index contributed by atoms with van der Waals surface area (Å²) in [7, 11) is 0. The largest absolute Gasteiger partial charge is 0.325 e. The van der Waals surface area contributed by atoms with Crippen molar-refractivity contribution < 1.29 is 4.79 Å². The number of nitrogens with one attached hydrogen (secondary N) is 1. The normalized spacial score (nSPS) is 10.5. The zero-order valence-corrected chi connectivity index (χ0v) is 15.7. The zero-order chi connectivity index (χ0) is 18.4. The van der Waals surface area contributed by atoms with Gasteiger partial charge in [0.2, 0.25) is 5.91 Å². The molecule has 2 aromatic carbocycles. The molecule has 0 saturated heterocycles. The molecule has 0 fully saturated rings. The average molecular weight is 363 g/mol. The second kappa shape index (κ2) is 8.63. The Morgan fingerprint density at radius 3 is 2.35 bits per heavy atom. The van der Waals surface area contributed by atoms with Crippen LogP contribution in [0.2, 0.25) is 0 Å². The van der Waals surface area contributed by atoms with Gasteiger partial charge >= 0.3 is 0 Å². The Hall–Kier alpha value is -2.66. The van der Waals surface area contributed by atoms with Gasteiger partial charge in [0, 0.05) is 17.1 Å². The van der Waals surface area contributed by atoms with E-state index in [1.165, 1.54) is 22.9 Å². The third-order valence-corrected chi connectivity index (χ3v) is 4.60. The van der Waals surface area contributed by atoms with E-state index in [0.29, 0.717) is 5.16 Å². The van der Waals surface area contributed by atoms with Gasteiger partial charge in [0.15, 0.2) is 5.16 Å². The van der Waals surface area contributed by atoms with E-state index in [-0.39, 0.29) is 11.7 Å². The van der Waals surface area contributed by atoms with Crippen molar-refractivity contribution >= 4 is 23.4 Å². The van der Waals surface area contributed by atoms with Crippen molar-refractivity contribution in [3.05, 3.63) is 83.2 Å². The topological polar surface area (TPSA) is 54.9 Å². The summed E-state index contributed by atoms with van der Waals surface area (Å²) in [6, 6.07) is 20.2. The molecule has 132 valence electrons. The first-order chi connectivity index (χ1) is 12.6. The molecular weight excluding hydrogens is 342 g/mol. The van der Waals surface area contributed by atoms with Gasteiger partial charge in [0.05, 0.1) is 5.75 Å². The SMILES string of the molecule is Cc1cc(C)nc(SCC(=O)Nc2cccc(Cc3ccccc3)c2)n1. The van der Waals surface area contributed by atoms with E-state index in [2.05, 4.69) is 33.5 Å². The van der Waals surface area contributed by atoms with E-state index in [1.807, 2.05) is 56.3 Å². The molecule has 0 aliphatic heterocycles. The summed E-state index contributed by atoms with van der Waals surface area (Å²) in [5.74, 6) is 0.223. The molecule has 26 heavy (non-hydrogen) atoms. The number of rotatable bonds is 6. The van der Waals surface area contributed by atoms with Crippen molar-refractivity contribution in [1.29, 1.82) is 0 Å². The number of aryl methyl sites for hydroxylation is 2. The van der Waals surface area contributed by atoms with Crippen molar-refractivity contribution in [2.24, 2.45) is 0 Å². The number of carbonyl (C=O) groups excluding carboxylic acids is 1. The molecule has 0 saturated carbocycles. The minimum Gasteiger partial charge on any atom is -0.325 e. The fourth-order valence-corrected chi connectivity index (χ4v) is 3.43. The van der Waals surface area contributed by atoms with Crippen molar-refractivity contribution in [2.75, 3.05) is 11.1 Å². The monoisotopic (exact) mass is 363 g/mol. The lowest BCUT2D eigenvalue weighted by atomic mass is 10.0. The van der Waals surface area contributed by atoms with E-state index in [9.17, 15) is 4.79 Å². The van der Waals surface area contributed by atoms with Crippen LogP contribution in [0.5, 0.6) is 0 Å². The van der Waals surface area contributed by atoms with Gasteiger partial charge in [0.25, 0.3) is 0 Å². The molecule has 1 heterocycles. The average Bonchev–Trinajstić information content (AvgIpc) is 2.60. The maximum absolute atomic E-state index is 12.2. The zero-order valence-electron chi connectivity index (χ0n) is 14.9. The second-order valence-electron chi connectivity index (χ2n) is 6.13. The number of carbonyl (C=O) groups is 1. The lowest BCUT2D eigenvalue weighted by Gasteiger charge is -2.08. The van der Waals surface area contributed by atoms with Crippen LogP contribution < -0.4 is 5.32 Å². The van der Waals surface area contributed by atoms with Crippen LogP contribution in [-0.4, -0.2) is 21.6 Å². The van der Waals surface area contributed by atoms with Gasteiger partial charge in [-0.25, -0.2) is 9.97 Å². The lowest BCUT2D eigenvalue weighted by Crippen LogP contribution is -2.14. The van der Waals surface area contributed by atoms with Gasteiger partial charge in [-0.2, -0.15) is 0 Å². The van der Waals surface area contributed by atoms with Crippen LogP contribution in [0.3, 0.4) is 0 Å². The molecule has 0 unspecified atom stereocenters. The second-order valence-corrected chi connectivity index (χ2v) is 7.08. The first kappa shape index (κ1) is 18.1. The minimum absolute atomic E-state index is 0.0605. The number of amides is 1. The van der Waals surface area contributed by atoms with Gasteiger partial charge in [-0.3, -0.25) is 4.79 Å². The van der Waals surface area contributed by atoms with E-state index in [4.69, 9.17) is 0 Å². The summed E-state index contributed by atoms with van der Waals surface area (Å²) in [6.45, 7) is 3.86. The molecule has 3 rings (SSSR count). The number of nitrogens with zero attached hydrogens (tertiary/aromatic N) is 2. The highest BCUT2D eigenvalue weighted by atomic mass is 32.2. The summed E-state index contributed by atoms with van der Waals surface area (Å²) in [5, 5.41) is 3.59. The predicted molar refractivity (Wildman–Crippen MR) is 107 cm³/mol. The summed E-state index contributed by atoms with van der Waals surface area (Å²) in [5.41, 5.74) is 5.05. The lowest BCUT2D eigenvalue weighted by molar-refractivity contribution is -0.113. The van der Waals surface area contributed by atoms with Gasteiger partial charge in [-0.05, 0) is 49.6 Å². The standard InChI is InChI=1S/C21H21N3OS/c1-15-11-16(2)23-21(22-15)26-14-20(25)24-19-10-6-9-18(13-19)12-17-7-4-3-5-8-17/h3-11,13H,12,14H2,1-2H3,(H,24,25). The molecule has 1 amide bonds. The van der Waals surface area contributed by atoms with Gasteiger partial charge in [0.1, 0.15) is 0 Å². The molecule has 4 nitrogen and oxygen atoms in total. The van der Waals surface area contributed by atoms with E-state index < -0.39 is 0 Å². The van der Waals surface area contributed by atoms with Gasteiger partial charge in [-0.15, -0.1) is 0 Å². The summed E-state index contributed by atoms with van der Waals surface area (Å²) in [4.78, 5) is 20.9. The van der Waals surface area contributed by atoms with Crippen LogP contribution in [-0.2, 0) is 11.2 Å². The maximum Gasteiger partial charge on any atom is 0.234 e. The first-order valence-corrected chi connectivity index (χ1v) is 9.45. The first-order valence-electron chi connectivity index (χ1n) is 8.46. The Morgan fingerprint density at radius 2 is 1.62 bits per heavy atom. The van der Waals surface area contributed by atoms with Crippen LogP contribution in [0.25, 0.3) is 0 Å². The number of anilines is 1. The van der Waals surface area contributed by atoms with E-state index in [1.54, 1.807) is 0 Å². The van der Waals surface area contributed by atoms with Crippen LogP contribution in [0, 0.1) is 13.8 Å². The molecule has 0 bridgehead atoms. The Bertz CT molecular complexity index is 877. The van der Waals surface area contributed by atoms with Crippen molar-refractivity contribution in [2.45, 2.75) is 25.4 Å². The number of thioether (sulfide) groups is 1. The summed E-state index contributed by atoms with van der Waals surface area (Å²) in [6.07, 6.45) is 0.843. The van der Waals surface area contributed by atoms with Crippen molar-refractivity contribution in [3.63, 3.8) is 0 Å². The highest BCUT2D eigenvalue weighted by molar-refractivity contribution is 7.99. The number of benzene rings is 2. The highest BCUT2D eigenvalue weighted by Gasteiger charge is 2.07. The summed E-state index contributed by atoms with van der Waals surface area (Å²) >= 11 is 1.35. The molecule has 0 radical (unpaired) electrons.